The third kappa shape index (κ3) is 4.23. The van der Waals surface area contributed by atoms with E-state index in [1.807, 2.05) is 6.07 Å². The van der Waals surface area contributed by atoms with E-state index in [1.165, 1.54) is 12.3 Å². The summed E-state index contributed by atoms with van der Waals surface area (Å²) in [6.45, 7) is 2.30. The topological polar surface area (TPSA) is 122 Å². The lowest BCUT2D eigenvalue weighted by molar-refractivity contribution is -0.118. The van der Waals surface area contributed by atoms with E-state index in [-0.39, 0.29) is 36.0 Å². The van der Waals surface area contributed by atoms with Crippen LogP contribution in [0.4, 0.5) is 10.1 Å². The van der Waals surface area contributed by atoms with Gasteiger partial charge >= 0.3 is 0 Å². The zero-order valence-corrected chi connectivity index (χ0v) is 19.6. The number of nitrogens with zero attached hydrogens (tertiary/aromatic N) is 4. The lowest BCUT2D eigenvalue weighted by atomic mass is 9.96. The highest BCUT2D eigenvalue weighted by molar-refractivity contribution is 5.94. The minimum absolute atomic E-state index is 0.0344. The summed E-state index contributed by atoms with van der Waals surface area (Å²) in [4.78, 5) is 34.9. The first-order valence-corrected chi connectivity index (χ1v) is 12.2. The summed E-state index contributed by atoms with van der Waals surface area (Å²) in [5.74, 6) is -0.171. The smallest absolute Gasteiger partial charge is 0.262 e. The van der Waals surface area contributed by atoms with E-state index < -0.39 is 6.10 Å². The number of nitrogens with one attached hydrogen (secondary N) is 2. The second-order valence-electron chi connectivity index (χ2n) is 9.69. The number of likely N-dealkylation sites (tertiary alicyclic amines) is 1. The number of carbonyl (C=O) groups excluding carboxylic acids is 1. The molecule has 11 heteroatoms. The Kier molecular flexibility index (Phi) is 5.90. The van der Waals surface area contributed by atoms with Gasteiger partial charge in [-0.05, 0) is 43.5 Å². The molecule has 10 nitrogen and oxygen atoms in total. The zero-order valence-electron chi connectivity index (χ0n) is 19.6. The molecule has 3 aromatic heterocycles. The highest BCUT2D eigenvalue weighted by Crippen LogP contribution is 2.31. The second kappa shape index (κ2) is 9.23. The number of halogens is 1. The number of hydrogen-bond acceptors (Lipinski definition) is 8. The Morgan fingerprint density at radius 1 is 1.22 bits per heavy atom. The molecule has 3 aromatic rings. The summed E-state index contributed by atoms with van der Waals surface area (Å²) in [5.41, 5.74) is 3.05. The second-order valence-corrected chi connectivity index (χ2v) is 9.69. The van der Waals surface area contributed by atoms with Crippen molar-refractivity contribution in [1.82, 2.24) is 24.8 Å². The van der Waals surface area contributed by atoms with Gasteiger partial charge in [-0.1, -0.05) is 0 Å². The van der Waals surface area contributed by atoms with E-state index in [0.717, 1.165) is 18.5 Å². The molecule has 1 unspecified atom stereocenters. The van der Waals surface area contributed by atoms with Crippen molar-refractivity contribution in [3.63, 3.8) is 0 Å². The van der Waals surface area contributed by atoms with Crippen LogP contribution in [0.2, 0.25) is 0 Å². The molecule has 0 aliphatic carbocycles. The molecule has 6 heterocycles. The number of anilines is 1. The molecule has 0 spiro atoms. The predicted molar refractivity (Wildman–Crippen MR) is 129 cm³/mol. The molecule has 1 saturated heterocycles. The van der Waals surface area contributed by atoms with Crippen LogP contribution in [0.15, 0.2) is 35.4 Å². The molecule has 3 aliphatic heterocycles. The number of piperidine rings is 1. The van der Waals surface area contributed by atoms with Crippen molar-refractivity contribution in [2.24, 2.45) is 0 Å². The van der Waals surface area contributed by atoms with Gasteiger partial charge in [0.2, 0.25) is 5.88 Å². The zero-order chi connectivity index (χ0) is 24.8. The number of aromatic nitrogens is 3. The van der Waals surface area contributed by atoms with Crippen LogP contribution in [-0.2, 0) is 17.8 Å². The lowest BCUT2D eigenvalue weighted by Crippen LogP contribution is -2.53. The number of aliphatic hydroxyl groups is 1. The van der Waals surface area contributed by atoms with Crippen LogP contribution in [0.1, 0.15) is 30.0 Å². The first kappa shape index (κ1) is 23.0. The van der Waals surface area contributed by atoms with Crippen LogP contribution in [0.5, 0.6) is 5.88 Å². The molecule has 36 heavy (non-hydrogen) atoms. The number of carbonyl (C=O) groups is 1. The minimum Gasteiger partial charge on any atom is -0.466 e. The van der Waals surface area contributed by atoms with Crippen molar-refractivity contribution < 1.29 is 19.0 Å². The number of hydrogen-bond donors (Lipinski definition) is 3. The molecule has 0 saturated carbocycles. The number of ether oxygens (including phenoxy) is 1. The maximum absolute atomic E-state index is 14.4. The van der Waals surface area contributed by atoms with E-state index >= 15 is 0 Å². The Balaban J connectivity index is 1.10. The summed E-state index contributed by atoms with van der Waals surface area (Å²) in [6.07, 6.45) is 4.28. The fourth-order valence-electron chi connectivity index (χ4n) is 5.54. The maximum Gasteiger partial charge on any atom is 0.262 e. The van der Waals surface area contributed by atoms with Gasteiger partial charge in [-0.15, -0.1) is 0 Å². The largest absolute Gasteiger partial charge is 0.466 e. The average molecular weight is 495 g/mol. The lowest BCUT2D eigenvalue weighted by Gasteiger charge is -2.39. The summed E-state index contributed by atoms with van der Waals surface area (Å²) in [7, 11) is 0. The number of aliphatic hydroxyl groups excluding tert-OH is 1. The Hall–Kier alpha value is -3.41. The summed E-state index contributed by atoms with van der Waals surface area (Å²) >= 11 is 0. The standard InChI is InChI=1S/C25H27FN6O4/c26-17-10-28-19-3-4-23(35)32-15(1-2-16(17)24(19)32)11-31-6-5-18(21(33)12-31)27-8-14-7-20-25(29-9-14)36-13-22(34)30-20/h3-4,7,9-10,15,18,21,27,33H,1-2,5-6,8,11-13H2,(H,30,34)/t15?,18-,21+/m0/s1. The van der Waals surface area contributed by atoms with Crippen LogP contribution in [-0.4, -0.2) is 68.8 Å². The van der Waals surface area contributed by atoms with E-state index in [9.17, 15) is 19.1 Å². The van der Waals surface area contributed by atoms with Gasteiger partial charge in [-0.2, -0.15) is 0 Å². The molecular formula is C25H27FN6O4. The van der Waals surface area contributed by atoms with Crippen LogP contribution >= 0.6 is 0 Å². The van der Waals surface area contributed by atoms with Crippen molar-refractivity contribution in [3.05, 3.63) is 57.9 Å². The third-order valence-electron chi connectivity index (χ3n) is 7.31. The molecule has 1 amide bonds. The normalized spacial score (nSPS) is 23.7. The Labute approximate surface area is 206 Å². The van der Waals surface area contributed by atoms with Gasteiger partial charge in [0.05, 0.1) is 29.4 Å². The number of rotatable bonds is 5. The third-order valence-corrected chi connectivity index (χ3v) is 7.31. The van der Waals surface area contributed by atoms with Crippen LogP contribution < -0.4 is 20.9 Å². The van der Waals surface area contributed by atoms with Gasteiger partial charge in [-0.25, -0.2) is 9.37 Å². The first-order chi connectivity index (χ1) is 17.5. The molecule has 3 aliphatic rings. The number of aryl methyl sites for hydroxylation is 1. The number of fused-ring (bicyclic) bond motifs is 1. The first-order valence-electron chi connectivity index (χ1n) is 12.2. The fraction of sp³-hybridized carbons (Fsp3) is 0.440. The van der Waals surface area contributed by atoms with E-state index in [4.69, 9.17) is 4.74 Å². The SMILES string of the molecule is O=C1COc2ncc(CN[C@H]3CCN(CC4CCc5c(F)cnc6ccc(=O)n4c56)C[C@H]3O)cc2N1. The molecule has 0 aromatic carbocycles. The van der Waals surface area contributed by atoms with Gasteiger partial charge in [0, 0.05) is 43.5 Å². The number of amides is 1. The molecule has 0 bridgehead atoms. The Morgan fingerprint density at radius 2 is 2.11 bits per heavy atom. The van der Waals surface area contributed by atoms with Crippen LogP contribution in [0.25, 0.3) is 11.0 Å². The van der Waals surface area contributed by atoms with Crippen molar-refractivity contribution in [3.8, 4) is 5.88 Å². The van der Waals surface area contributed by atoms with E-state index in [2.05, 4.69) is 25.5 Å². The highest BCUT2D eigenvalue weighted by Gasteiger charge is 2.31. The van der Waals surface area contributed by atoms with Crippen molar-refractivity contribution in [1.29, 1.82) is 0 Å². The van der Waals surface area contributed by atoms with Gasteiger partial charge in [-0.3, -0.25) is 19.5 Å². The van der Waals surface area contributed by atoms with Gasteiger partial charge in [0.25, 0.3) is 11.5 Å². The monoisotopic (exact) mass is 494 g/mol. The van der Waals surface area contributed by atoms with Gasteiger partial charge in [0.1, 0.15) is 11.5 Å². The minimum atomic E-state index is -0.588. The quantitative estimate of drug-likeness (QED) is 0.480. The fourth-order valence-corrected chi connectivity index (χ4v) is 5.54. The molecule has 3 atom stereocenters. The molecule has 0 radical (unpaired) electrons. The summed E-state index contributed by atoms with van der Waals surface area (Å²) < 4.78 is 21.4. The predicted octanol–water partition coefficient (Wildman–Crippen LogP) is 0.974. The summed E-state index contributed by atoms with van der Waals surface area (Å²) in [5, 5.41) is 17.0. The van der Waals surface area contributed by atoms with E-state index in [0.29, 0.717) is 60.6 Å². The molecule has 1 fully saturated rings. The molecule has 188 valence electrons. The molecule has 6 rings (SSSR count). The van der Waals surface area contributed by atoms with Crippen molar-refractivity contribution >= 4 is 22.6 Å². The highest BCUT2D eigenvalue weighted by atomic mass is 19.1. The van der Waals surface area contributed by atoms with Gasteiger partial charge < -0.3 is 25.0 Å². The van der Waals surface area contributed by atoms with Crippen molar-refractivity contribution in [2.75, 3.05) is 31.6 Å². The van der Waals surface area contributed by atoms with E-state index in [1.54, 1.807) is 16.8 Å². The summed E-state index contributed by atoms with van der Waals surface area (Å²) in [6, 6.07) is 4.77. The van der Waals surface area contributed by atoms with Crippen molar-refractivity contribution in [2.45, 2.75) is 44.0 Å². The maximum atomic E-state index is 14.4. The number of β-amino-alcohol motifs (C(OH)–C–C–N with tert-alkyl or cyclic N) is 1. The average Bonchev–Trinajstić information content (AvgIpc) is 2.87. The van der Waals surface area contributed by atoms with Crippen LogP contribution in [0, 0.1) is 5.82 Å². The van der Waals surface area contributed by atoms with Gasteiger partial charge in [0.15, 0.2) is 6.61 Å². The molecule has 3 N–H and O–H groups in total. The number of pyridine rings is 3. The Bertz CT molecular complexity index is 1390. The van der Waals surface area contributed by atoms with Crippen LogP contribution in [0.3, 0.4) is 0 Å². The Morgan fingerprint density at radius 3 is 2.97 bits per heavy atom. The molecular weight excluding hydrogens is 467 g/mol.